The molecule has 0 saturated carbocycles. The number of hydrogen-bond donors (Lipinski definition) is 2. The van der Waals surface area contributed by atoms with E-state index in [1.54, 1.807) is 4.90 Å². The molecule has 7 nitrogen and oxygen atoms in total. The lowest BCUT2D eigenvalue weighted by Crippen LogP contribution is -2.61. The van der Waals surface area contributed by atoms with E-state index in [2.05, 4.69) is 22.8 Å². The molecule has 228 valence electrons. The maximum absolute atomic E-state index is 14.4. The van der Waals surface area contributed by atoms with Gasteiger partial charge in [0, 0.05) is 18.9 Å². The molecule has 2 N–H and O–H groups in total. The Bertz CT molecular complexity index is 1310. The second-order valence-electron chi connectivity index (χ2n) is 14.1. The van der Waals surface area contributed by atoms with Gasteiger partial charge in [0.1, 0.15) is 23.4 Å². The molecule has 42 heavy (non-hydrogen) atoms. The second kappa shape index (κ2) is 12.5. The van der Waals surface area contributed by atoms with Crippen LogP contribution in [0.1, 0.15) is 103 Å². The molecule has 3 amide bonds. The van der Waals surface area contributed by atoms with E-state index in [1.165, 1.54) is 5.56 Å². The molecule has 1 aliphatic carbocycles. The number of nitrogens with one attached hydrogen (secondary N) is 2. The smallest absolute Gasteiger partial charge is 0.246 e. The monoisotopic (exact) mass is 575 g/mol. The van der Waals surface area contributed by atoms with Crippen LogP contribution in [0.3, 0.4) is 0 Å². The first-order valence-corrected chi connectivity index (χ1v) is 15.5. The summed E-state index contributed by atoms with van der Waals surface area (Å²) in [6.07, 6.45) is 3.95. The summed E-state index contributed by atoms with van der Waals surface area (Å²) in [6.45, 7) is 15.9. The maximum Gasteiger partial charge on any atom is 0.246 e. The third-order valence-electron chi connectivity index (χ3n) is 8.46. The predicted molar refractivity (Wildman–Crippen MR) is 166 cm³/mol. The van der Waals surface area contributed by atoms with Crippen molar-refractivity contribution >= 4 is 17.7 Å². The molecule has 2 aromatic rings. The lowest BCUT2D eigenvalue weighted by Gasteiger charge is -2.42. The fourth-order valence-electron chi connectivity index (χ4n) is 5.90. The van der Waals surface area contributed by atoms with Crippen LogP contribution in [0.25, 0.3) is 0 Å². The summed E-state index contributed by atoms with van der Waals surface area (Å²) in [5.74, 6) is -0.0354. The van der Waals surface area contributed by atoms with Crippen molar-refractivity contribution in [3.8, 4) is 5.75 Å². The molecule has 0 saturated heterocycles. The van der Waals surface area contributed by atoms with Crippen molar-refractivity contribution in [2.45, 2.75) is 118 Å². The Kier molecular flexibility index (Phi) is 9.39. The lowest BCUT2D eigenvalue weighted by molar-refractivity contribution is -0.147. The van der Waals surface area contributed by atoms with Crippen LogP contribution in [0.15, 0.2) is 42.5 Å². The molecule has 1 heterocycles. The third kappa shape index (κ3) is 7.34. The number of hydrogen-bond acceptors (Lipinski definition) is 4. The highest BCUT2D eigenvalue weighted by Gasteiger charge is 2.43. The minimum absolute atomic E-state index is 0.0909. The molecule has 4 rings (SSSR count). The zero-order chi connectivity index (χ0) is 30.8. The molecular formula is C35H49N3O4. The largest absolute Gasteiger partial charge is 0.488 e. The van der Waals surface area contributed by atoms with Crippen LogP contribution in [0.2, 0.25) is 0 Å². The summed E-state index contributed by atoms with van der Waals surface area (Å²) >= 11 is 0. The average molecular weight is 576 g/mol. The zero-order valence-corrected chi connectivity index (χ0v) is 26.7. The quantitative estimate of drug-likeness (QED) is 0.431. The van der Waals surface area contributed by atoms with E-state index in [1.807, 2.05) is 85.7 Å². The fraction of sp³-hybridized carbons (Fsp3) is 0.571. The van der Waals surface area contributed by atoms with Gasteiger partial charge in [-0.25, -0.2) is 0 Å². The number of ether oxygens (including phenoxy) is 1. The van der Waals surface area contributed by atoms with Crippen LogP contribution in [0.5, 0.6) is 5.75 Å². The molecule has 0 bridgehead atoms. The number of nitrogens with zero attached hydrogens (tertiary/aromatic N) is 1. The van der Waals surface area contributed by atoms with E-state index >= 15 is 0 Å². The molecule has 2 aliphatic rings. The molecule has 7 heteroatoms. The Morgan fingerprint density at radius 1 is 1.00 bits per heavy atom. The summed E-state index contributed by atoms with van der Waals surface area (Å²) < 4.78 is 6.12. The zero-order valence-electron chi connectivity index (χ0n) is 26.7. The normalized spacial score (nSPS) is 20.0. The molecule has 0 fully saturated rings. The molecule has 1 aliphatic heterocycles. The third-order valence-corrected chi connectivity index (χ3v) is 8.46. The van der Waals surface area contributed by atoms with Crippen LogP contribution in [0, 0.1) is 11.3 Å². The van der Waals surface area contributed by atoms with Gasteiger partial charge in [-0.3, -0.25) is 14.4 Å². The van der Waals surface area contributed by atoms with Gasteiger partial charge in [0.2, 0.25) is 17.7 Å². The van der Waals surface area contributed by atoms with Gasteiger partial charge in [-0.2, -0.15) is 0 Å². The van der Waals surface area contributed by atoms with Gasteiger partial charge in [0.15, 0.2) is 0 Å². The first-order chi connectivity index (χ1) is 19.7. The van der Waals surface area contributed by atoms with Gasteiger partial charge < -0.3 is 20.3 Å². The maximum atomic E-state index is 14.4. The van der Waals surface area contributed by atoms with E-state index < -0.39 is 17.5 Å². The number of amides is 3. The van der Waals surface area contributed by atoms with E-state index in [0.29, 0.717) is 12.8 Å². The highest BCUT2D eigenvalue weighted by Crippen LogP contribution is 2.33. The van der Waals surface area contributed by atoms with E-state index in [-0.39, 0.29) is 41.8 Å². The van der Waals surface area contributed by atoms with Crippen LogP contribution < -0.4 is 15.4 Å². The van der Waals surface area contributed by atoms with Crippen LogP contribution >= 0.6 is 0 Å². The molecule has 0 radical (unpaired) electrons. The Hall–Kier alpha value is -3.35. The molecule has 2 aromatic carbocycles. The molecule has 4 atom stereocenters. The molecule has 0 spiro atoms. The van der Waals surface area contributed by atoms with Crippen molar-refractivity contribution in [2.75, 3.05) is 0 Å². The number of fused-ring (bicyclic) bond motifs is 2. The first-order valence-electron chi connectivity index (χ1n) is 15.5. The van der Waals surface area contributed by atoms with Crippen molar-refractivity contribution in [3.05, 3.63) is 64.7 Å². The van der Waals surface area contributed by atoms with Gasteiger partial charge in [-0.05, 0) is 86.3 Å². The Balaban J connectivity index is 1.68. The summed E-state index contributed by atoms with van der Waals surface area (Å²) in [5, 5.41) is 6.34. The Morgan fingerprint density at radius 2 is 1.71 bits per heavy atom. The molecular weight excluding hydrogens is 526 g/mol. The van der Waals surface area contributed by atoms with E-state index in [9.17, 15) is 14.4 Å². The number of aryl methyl sites for hydroxylation is 1. The standard InChI is InChI=1S/C35H49N3O4/c1-9-22(2)31(39)37-30(34(3,4)5)33(41)38-21-25-19-26(42-35(6,7)8)18-17-24(25)20-29(38)32(40)36-28-16-12-14-23-13-10-11-15-27(23)28/h10-11,13,15,17-19,22,28-30H,9,12,14,16,20-21H2,1-8H3,(H,36,40)(H,37,39)/t22-,28?,29+,30-/m1/s1. The first kappa shape index (κ1) is 31.6. The number of carbonyl (C=O) groups is 3. The van der Waals surface area contributed by atoms with Crippen LogP contribution in [-0.2, 0) is 33.8 Å². The number of benzene rings is 2. The van der Waals surface area contributed by atoms with Crippen molar-refractivity contribution in [1.29, 1.82) is 0 Å². The fourth-order valence-corrected chi connectivity index (χ4v) is 5.90. The van der Waals surface area contributed by atoms with E-state index in [0.717, 1.165) is 41.7 Å². The highest BCUT2D eigenvalue weighted by atomic mass is 16.5. The van der Waals surface area contributed by atoms with Crippen molar-refractivity contribution < 1.29 is 19.1 Å². The summed E-state index contributed by atoms with van der Waals surface area (Å²) in [5.41, 5.74) is 3.49. The second-order valence-corrected chi connectivity index (χ2v) is 14.1. The van der Waals surface area contributed by atoms with Gasteiger partial charge in [-0.1, -0.05) is 65.0 Å². The van der Waals surface area contributed by atoms with Crippen LogP contribution in [0.4, 0.5) is 0 Å². The number of carbonyl (C=O) groups excluding carboxylic acids is 3. The lowest BCUT2D eigenvalue weighted by atomic mass is 9.83. The molecule has 1 unspecified atom stereocenters. The SMILES string of the molecule is CC[C@@H](C)C(=O)N[C@H](C(=O)N1Cc2cc(OC(C)(C)C)ccc2C[C@H]1C(=O)NC1CCCc2ccccc21)C(C)(C)C. The molecule has 0 aromatic heterocycles. The Labute approximate surface area is 251 Å². The van der Waals surface area contributed by atoms with Crippen molar-refractivity contribution in [2.24, 2.45) is 11.3 Å². The minimum atomic E-state index is -0.778. The predicted octanol–water partition coefficient (Wildman–Crippen LogP) is 5.89. The minimum Gasteiger partial charge on any atom is -0.488 e. The van der Waals surface area contributed by atoms with Crippen molar-refractivity contribution in [1.82, 2.24) is 15.5 Å². The summed E-state index contributed by atoms with van der Waals surface area (Å²) in [7, 11) is 0. The topological polar surface area (TPSA) is 87.7 Å². The highest BCUT2D eigenvalue weighted by molar-refractivity contribution is 5.93. The summed E-state index contributed by atoms with van der Waals surface area (Å²) in [6, 6.07) is 12.7. The van der Waals surface area contributed by atoms with Crippen LogP contribution in [-0.4, -0.2) is 40.3 Å². The van der Waals surface area contributed by atoms with Crippen molar-refractivity contribution in [3.63, 3.8) is 0 Å². The Morgan fingerprint density at radius 3 is 2.38 bits per heavy atom. The van der Waals surface area contributed by atoms with Gasteiger partial charge in [0.25, 0.3) is 0 Å². The van der Waals surface area contributed by atoms with Gasteiger partial charge >= 0.3 is 0 Å². The average Bonchev–Trinajstić information content (AvgIpc) is 2.92. The number of rotatable bonds is 7. The van der Waals surface area contributed by atoms with Gasteiger partial charge in [0.05, 0.1) is 6.04 Å². The van der Waals surface area contributed by atoms with Gasteiger partial charge in [-0.15, -0.1) is 0 Å². The summed E-state index contributed by atoms with van der Waals surface area (Å²) in [4.78, 5) is 43.2. The van der Waals surface area contributed by atoms with E-state index in [4.69, 9.17) is 4.74 Å².